The molecule has 3 unspecified atom stereocenters. The Balaban J connectivity index is 1.80. The number of piperidine rings is 1. The van der Waals surface area contributed by atoms with Gasteiger partial charge in [0.25, 0.3) is 0 Å². The van der Waals surface area contributed by atoms with Crippen molar-refractivity contribution in [2.75, 3.05) is 19.6 Å². The fraction of sp³-hybridized carbons (Fsp3) is 0.929. The molecule has 0 aromatic heterocycles. The Bertz CT molecular complexity index is 288. The molecule has 2 N–H and O–H groups in total. The van der Waals surface area contributed by atoms with Gasteiger partial charge < -0.3 is 15.4 Å². The molecule has 0 aromatic carbocycles. The zero-order valence-electron chi connectivity index (χ0n) is 11.6. The van der Waals surface area contributed by atoms with Gasteiger partial charge in [-0.1, -0.05) is 6.92 Å². The van der Waals surface area contributed by atoms with E-state index in [1.807, 2.05) is 6.92 Å². The predicted molar refractivity (Wildman–Crippen MR) is 71.4 cm³/mol. The molecule has 0 saturated carbocycles. The summed E-state index contributed by atoms with van der Waals surface area (Å²) in [5.74, 6) is 0.0812. The summed E-state index contributed by atoms with van der Waals surface area (Å²) in [6.07, 6.45) is 5.41. The second kappa shape index (κ2) is 6.02. The van der Waals surface area contributed by atoms with E-state index >= 15 is 0 Å². The van der Waals surface area contributed by atoms with E-state index in [1.54, 1.807) is 0 Å². The van der Waals surface area contributed by atoms with Gasteiger partial charge in [-0.3, -0.25) is 4.79 Å². The minimum Gasteiger partial charge on any atom is -0.365 e. The van der Waals surface area contributed by atoms with Crippen molar-refractivity contribution in [1.29, 1.82) is 0 Å². The number of carbonyl (C=O) groups is 1. The lowest BCUT2D eigenvalue weighted by Gasteiger charge is -2.37. The summed E-state index contributed by atoms with van der Waals surface area (Å²) >= 11 is 0. The molecule has 2 saturated heterocycles. The molecule has 0 bridgehead atoms. The molecule has 2 aliphatic heterocycles. The molecule has 1 amide bonds. The van der Waals surface area contributed by atoms with Crippen molar-refractivity contribution in [2.45, 2.75) is 58.2 Å². The third-order valence-electron chi connectivity index (χ3n) is 4.47. The van der Waals surface area contributed by atoms with E-state index < -0.39 is 0 Å². The Hall–Kier alpha value is -0.610. The summed E-state index contributed by atoms with van der Waals surface area (Å²) in [4.78, 5) is 12.0. The lowest BCUT2D eigenvalue weighted by Crippen LogP contribution is -2.48. The Morgan fingerprint density at radius 2 is 2.33 bits per heavy atom. The molecule has 2 fully saturated rings. The molecule has 3 atom stereocenters. The highest BCUT2D eigenvalue weighted by Crippen LogP contribution is 2.29. The van der Waals surface area contributed by atoms with Crippen molar-refractivity contribution in [3.8, 4) is 0 Å². The fourth-order valence-electron chi connectivity index (χ4n) is 2.99. The molecule has 2 rings (SSSR count). The van der Waals surface area contributed by atoms with Gasteiger partial charge in [0.05, 0.1) is 6.10 Å². The Kier molecular flexibility index (Phi) is 4.62. The largest absolute Gasteiger partial charge is 0.365 e. The van der Waals surface area contributed by atoms with Crippen LogP contribution in [-0.2, 0) is 9.53 Å². The van der Waals surface area contributed by atoms with Crippen LogP contribution in [0, 0.1) is 5.41 Å². The van der Waals surface area contributed by atoms with Crippen LogP contribution in [0.3, 0.4) is 0 Å². The van der Waals surface area contributed by atoms with Gasteiger partial charge in [-0.25, -0.2) is 0 Å². The number of ether oxygens (including phenoxy) is 1. The average Bonchev–Trinajstić information content (AvgIpc) is 2.84. The molecule has 4 heteroatoms. The quantitative estimate of drug-likeness (QED) is 0.798. The zero-order chi connectivity index (χ0) is 13.0. The van der Waals surface area contributed by atoms with Crippen LogP contribution in [0.15, 0.2) is 0 Å². The number of nitrogens with one attached hydrogen (secondary N) is 2. The van der Waals surface area contributed by atoms with Crippen LogP contribution in [0.4, 0.5) is 0 Å². The predicted octanol–water partition coefficient (Wildman–Crippen LogP) is 1.45. The lowest BCUT2D eigenvalue weighted by molar-refractivity contribution is -0.132. The van der Waals surface area contributed by atoms with Crippen molar-refractivity contribution in [1.82, 2.24) is 10.6 Å². The van der Waals surface area contributed by atoms with Crippen LogP contribution in [0.2, 0.25) is 0 Å². The van der Waals surface area contributed by atoms with Gasteiger partial charge in [-0.05, 0) is 51.0 Å². The maximum atomic E-state index is 12.0. The van der Waals surface area contributed by atoms with E-state index in [9.17, 15) is 4.79 Å². The Labute approximate surface area is 110 Å². The van der Waals surface area contributed by atoms with E-state index in [0.717, 1.165) is 38.9 Å². The maximum absolute atomic E-state index is 12.0. The molecule has 0 radical (unpaired) electrons. The van der Waals surface area contributed by atoms with Gasteiger partial charge in [0.15, 0.2) is 0 Å². The first-order valence-electron chi connectivity index (χ1n) is 7.29. The standard InChI is InChI=1S/C14H26N2O2/c1-3-14(7-4-8-15-9-14)10-16-13(17)12-6-5-11(2)18-12/h11-12,15H,3-10H2,1-2H3,(H,16,17). The van der Waals surface area contributed by atoms with Gasteiger partial charge in [0, 0.05) is 13.1 Å². The summed E-state index contributed by atoms with van der Waals surface area (Å²) < 4.78 is 5.60. The van der Waals surface area contributed by atoms with Crippen LogP contribution >= 0.6 is 0 Å². The SMILES string of the molecule is CCC1(CNC(=O)C2CCC(C)O2)CCCNC1. The van der Waals surface area contributed by atoms with E-state index in [-0.39, 0.29) is 23.5 Å². The second-order valence-corrected chi connectivity index (χ2v) is 5.86. The third-order valence-corrected chi connectivity index (χ3v) is 4.47. The highest BCUT2D eigenvalue weighted by molar-refractivity contribution is 5.81. The monoisotopic (exact) mass is 254 g/mol. The van der Waals surface area contributed by atoms with Gasteiger partial charge >= 0.3 is 0 Å². The van der Waals surface area contributed by atoms with Crippen LogP contribution in [-0.4, -0.2) is 37.7 Å². The normalized spacial score (nSPS) is 36.6. The molecule has 18 heavy (non-hydrogen) atoms. The van der Waals surface area contributed by atoms with Crippen LogP contribution in [0.5, 0.6) is 0 Å². The van der Waals surface area contributed by atoms with E-state index in [4.69, 9.17) is 4.74 Å². The second-order valence-electron chi connectivity index (χ2n) is 5.86. The summed E-state index contributed by atoms with van der Waals surface area (Å²) in [5, 5.41) is 6.55. The number of hydrogen-bond acceptors (Lipinski definition) is 3. The summed E-state index contributed by atoms with van der Waals surface area (Å²) in [5.41, 5.74) is 0.248. The summed E-state index contributed by atoms with van der Waals surface area (Å²) in [6.45, 7) is 7.16. The average molecular weight is 254 g/mol. The lowest BCUT2D eigenvalue weighted by atomic mass is 9.78. The van der Waals surface area contributed by atoms with E-state index in [1.165, 1.54) is 12.8 Å². The maximum Gasteiger partial charge on any atom is 0.249 e. The zero-order valence-corrected chi connectivity index (χ0v) is 11.6. The minimum atomic E-state index is -0.217. The van der Waals surface area contributed by atoms with Crippen LogP contribution in [0.1, 0.15) is 46.0 Å². The first-order chi connectivity index (χ1) is 8.65. The number of amides is 1. The first kappa shape index (κ1) is 13.8. The smallest absolute Gasteiger partial charge is 0.249 e. The Morgan fingerprint density at radius 1 is 1.50 bits per heavy atom. The van der Waals surface area contributed by atoms with E-state index in [0.29, 0.717) is 0 Å². The van der Waals surface area contributed by atoms with Gasteiger partial charge in [-0.2, -0.15) is 0 Å². The molecule has 0 aromatic rings. The number of carbonyl (C=O) groups excluding carboxylic acids is 1. The Morgan fingerprint density at radius 3 is 2.89 bits per heavy atom. The molecule has 0 spiro atoms. The summed E-state index contributed by atoms with van der Waals surface area (Å²) in [6, 6.07) is 0. The van der Waals surface area contributed by atoms with Crippen molar-refractivity contribution in [3.05, 3.63) is 0 Å². The highest BCUT2D eigenvalue weighted by atomic mass is 16.5. The fourth-order valence-corrected chi connectivity index (χ4v) is 2.99. The topological polar surface area (TPSA) is 50.4 Å². The molecular weight excluding hydrogens is 228 g/mol. The van der Waals surface area contributed by atoms with Gasteiger partial charge in [-0.15, -0.1) is 0 Å². The van der Waals surface area contributed by atoms with Crippen LogP contribution < -0.4 is 10.6 Å². The first-order valence-corrected chi connectivity index (χ1v) is 7.29. The molecule has 2 aliphatic rings. The molecule has 104 valence electrons. The van der Waals surface area contributed by atoms with Crippen molar-refractivity contribution >= 4 is 5.91 Å². The van der Waals surface area contributed by atoms with Crippen molar-refractivity contribution in [2.24, 2.45) is 5.41 Å². The molecule has 0 aliphatic carbocycles. The van der Waals surface area contributed by atoms with Crippen LogP contribution in [0.25, 0.3) is 0 Å². The number of hydrogen-bond donors (Lipinski definition) is 2. The van der Waals surface area contributed by atoms with Gasteiger partial charge in [0.2, 0.25) is 5.91 Å². The molecule has 2 heterocycles. The van der Waals surface area contributed by atoms with E-state index in [2.05, 4.69) is 17.6 Å². The van der Waals surface area contributed by atoms with Crippen molar-refractivity contribution < 1.29 is 9.53 Å². The minimum absolute atomic E-state index is 0.0812. The highest BCUT2D eigenvalue weighted by Gasteiger charge is 2.33. The summed E-state index contributed by atoms with van der Waals surface area (Å²) in [7, 11) is 0. The van der Waals surface area contributed by atoms with Crippen molar-refractivity contribution in [3.63, 3.8) is 0 Å². The van der Waals surface area contributed by atoms with Gasteiger partial charge in [0.1, 0.15) is 6.10 Å². The molecule has 4 nitrogen and oxygen atoms in total. The number of rotatable bonds is 4. The molecular formula is C14H26N2O2. The third kappa shape index (κ3) is 3.23.